The van der Waals surface area contributed by atoms with Crippen LogP contribution in [0.4, 0.5) is 0 Å². The van der Waals surface area contributed by atoms with Gasteiger partial charge in [-0.2, -0.15) is 0 Å². The van der Waals surface area contributed by atoms with E-state index in [1.807, 2.05) is 24.3 Å². The number of benzene rings is 1. The molecule has 0 aliphatic rings. The molecule has 130 valence electrons. The Morgan fingerprint density at radius 1 is 1.16 bits per heavy atom. The van der Waals surface area contributed by atoms with Gasteiger partial charge in [0.1, 0.15) is 5.82 Å². The van der Waals surface area contributed by atoms with E-state index in [2.05, 4.69) is 26.2 Å². The molecule has 0 bridgehead atoms. The topological polar surface area (TPSA) is 125 Å². The first-order valence-electron chi connectivity index (χ1n) is 7.59. The third-order valence-corrected chi connectivity index (χ3v) is 5.28. The van der Waals surface area contributed by atoms with Crippen LogP contribution in [-0.2, 0) is 6.54 Å². The number of nitrogens with one attached hydrogen (secondary N) is 4. The van der Waals surface area contributed by atoms with Crippen molar-refractivity contribution in [2.24, 2.45) is 5.84 Å². The second-order valence-electron chi connectivity index (χ2n) is 5.49. The number of thiophene rings is 1. The number of H-pyrrole nitrogens is 1. The average molecular weight is 358 g/mol. The first-order valence-corrected chi connectivity index (χ1v) is 8.40. The van der Waals surface area contributed by atoms with E-state index in [0.717, 1.165) is 33.5 Å². The second-order valence-corrected chi connectivity index (χ2v) is 6.51. The Morgan fingerprint density at radius 3 is 2.52 bits per heavy atom. The molecule has 1 aromatic carbocycles. The zero-order valence-electron chi connectivity index (χ0n) is 13.8. The fraction of sp³-hybridized carbons (Fsp3) is 0.188. The number of amides is 2. The number of hydrazine groups is 2. The molecule has 0 spiro atoms. The number of nitrogen functional groups attached to an aromatic ring is 1. The summed E-state index contributed by atoms with van der Waals surface area (Å²) in [7, 11) is 0. The number of nitrogens with two attached hydrogens (primary N) is 1. The maximum absolute atomic E-state index is 12.3. The summed E-state index contributed by atoms with van der Waals surface area (Å²) in [6.45, 7) is 3.93. The largest absolute Gasteiger partial charge is 0.341 e. The summed E-state index contributed by atoms with van der Waals surface area (Å²) in [5.74, 6) is 5.17. The smallest absolute Gasteiger partial charge is 0.275 e. The molecule has 0 fully saturated rings. The number of para-hydroxylation sites is 2. The first-order chi connectivity index (χ1) is 12.0. The predicted octanol–water partition coefficient (Wildman–Crippen LogP) is 1.28. The van der Waals surface area contributed by atoms with E-state index in [0.29, 0.717) is 22.1 Å². The normalized spacial score (nSPS) is 10.8. The summed E-state index contributed by atoms with van der Waals surface area (Å²) < 4.78 is 0. The van der Waals surface area contributed by atoms with Crippen molar-refractivity contribution in [3.63, 3.8) is 0 Å². The van der Waals surface area contributed by atoms with Crippen LogP contribution in [0.15, 0.2) is 24.3 Å². The minimum atomic E-state index is -0.403. The number of nitrogens with zero attached hydrogens (tertiary/aromatic N) is 1. The fourth-order valence-corrected chi connectivity index (χ4v) is 3.56. The molecule has 0 unspecified atom stereocenters. The van der Waals surface area contributed by atoms with Gasteiger partial charge < -0.3 is 4.98 Å². The Morgan fingerprint density at radius 2 is 1.84 bits per heavy atom. The number of aromatic amines is 1. The summed E-state index contributed by atoms with van der Waals surface area (Å²) in [5.41, 5.74) is 10.9. The third kappa shape index (κ3) is 3.38. The second kappa shape index (κ2) is 7.01. The Kier molecular flexibility index (Phi) is 4.79. The molecule has 3 rings (SSSR count). The number of fused-ring (bicyclic) bond motifs is 1. The van der Waals surface area contributed by atoms with Gasteiger partial charge in [0.05, 0.1) is 27.3 Å². The number of carbonyl (C=O) groups is 2. The molecule has 3 aromatic rings. The van der Waals surface area contributed by atoms with Crippen LogP contribution in [0, 0.1) is 13.8 Å². The lowest BCUT2D eigenvalue weighted by molar-refractivity contribution is 0.0933. The summed E-state index contributed by atoms with van der Waals surface area (Å²) in [5, 5.41) is 0. The Bertz CT molecular complexity index is 912. The van der Waals surface area contributed by atoms with Crippen LogP contribution in [-0.4, -0.2) is 21.8 Å². The van der Waals surface area contributed by atoms with E-state index in [1.165, 1.54) is 0 Å². The Balaban J connectivity index is 1.65. The van der Waals surface area contributed by atoms with Gasteiger partial charge in [-0.05, 0) is 37.1 Å². The highest BCUT2D eigenvalue weighted by atomic mass is 32.1. The maximum Gasteiger partial charge on any atom is 0.275 e. The number of hydrogen-bond donors (Lipinski definition) is 5. The molecule has 0 atom stereocenters. The van der Waals surface area contributed by atoms with Crippen LogP contribution in [0.5, 0.6) is 0 Å². The molecule has 9 heteroatoms. The number of carbonyl (C=O) groups excluding carboxylic acids is 2. The molecule has 0 radical (unpaired) electrons. The van der Waals surface area contributed by atoms with E-state index in [-0.39, 0.29) is 5.91 Å². The van der Waals surface area contributed by atoms with Crippen molar-refractivity contribution in [2.45, 2.75) is 20.4 Å². The lowest BCUT2D eigenvalue weighted by Gasteiger charge is -2.05. The Labute approximate surface area is 147 Å². The van der Waals surface area contributed by atoms with Crippen LogP contribution >= 0.6 is 11.3 Å². The molecule has 0 aliphatic carbocycles. The van der Waals surface area contributed by atoms with E-state index >= 15 is 0 Å². The third-order valence-electron chi connectivity index (χ3n) is 3.89. The molecule has 0 saturated heterocycles. The zero-order valence-corrected chi connectivity index (χ0v) is 14.6. The van der Waals surface area contributed by atoms with Crippen molar-refractivity contribution in [3.05, 3.63) is 51.0 Å². The molecule has 25 heavy (non-hydrogen) atoms. The molecule has 2 amide bonds. The van der Waals surface area contributed by atoms with Crippen LogP contribution in [0.25, 0.3) is 11.0 Å². The minimum absolute atomic E-state index is 0.308. The van der Waals surface area contributed by atoms with Crippen molar-refractivity contribution in [2.75, 3.05) is 0 Å². The highest BCUT2D eigenvalue weighted by Gasteiger charge is 2.21. The summed E-state index contributed by atoms with van der Waals surface area (Å²) in [6, 6.07) is 7.69. The molecule has 2 heterocycles. The highest BCUT2D eigenvalue weighted by Crippen LogP contribution is 2.27. The summed E-state index contributed by atoms with van der Waals surface area (Å²) in [6.07, 6.45) is 0. The van der Waals surface area contributed by atoms with Gasteiger partial charge in [0.25, 0.3) is 11.8 Å². The quantitative estimate of drug-likeness (QED) is 0.267. The van der Waals surface area contributed by atoms with Crippen molar-refractivity contribution in [3.8, 4) is 0 Å². The molecule has 8 nitrogen and oxygen atoms in total. The van der Waals surface area contributed by atoms with E-state index in [9.17, 15) is 9.59 Å². The van der Waals surface area contributed by atoms with E-state index in [1.54, 1.807) is 13.8 Å². The monoisotopic (exact) mass is 358 g/mol. The van der Waals surface area contributed by atoms with Gasteiger partial charge in [0, 0.05) is 0 Å². The van der Waals surface area contributed by atoms with Gasteiger partial charge in [-0.15, -0.1) is 11.3 Å². The van der Waals surface area contributed by atoms with E-state index in [4.69, 9.17) is 5.84 Å². The maximum atomic E-state index is 12.3. The minimum Gasteiger partial charge on any atom is -0.341 e. The van der Waals surface area contributed by atoms with Crippen LogP contribution < -0.4 is 22.1 Å². The number of hydrogen-bond acceptors (Lipinski definition) is 6. The SMILES string of the molecule is Cc1c(C(=O)NN)sc(C(=O)NNCc2nc3ccccc3[nH]2)c1C. The van der Waals surface area contributed by atoms with E-state index < -0.39 is 5.91 Å². The number of rotatable bonds is 5. The van der Waals surface area contributed by atoms with Crippen LogP contribution in [0.1, 0.15) is 36.3 Å². The zero-order chi connectivity index (χ0) is 18.0. The lowest BCUT2D eigenvalue weighted by atomic mass is 10.1. The highest BCUT2D eigenvalue weighted by molar-refractivity contribution is 7.16. The number of imidazole rings is 1. The summed E-state index contributed by atoms with van der Waals surface area (Å²) >= 11 is 1.11. The van der Waals surface area contributed by atoms with Crippen LogP contribution in [0.2, 0.25) is 0 Å². The summed E-state index contributed by atoms with van der Waals surface area (Å²) in [4.78, 5) is 32.6. The molecular formula is C16H18N6O2S. The fourth-order valence-electron chi connectivity index (χ4n) is 2.45. The molecule has 6 N–H and O–H groups in total. The van der Waals surface area contributed by atoms with Crippen molar-refractivity contribution >= 4 is 34.2 Å². The van der Waals surface area contributed by atoms with Gasteiger partial charge in [-0.1, -0.05) is 12.1 Å². The lowest BCUT2D eigenvalue weighted by Crippen LogP contribution is -2.37. The average Bonchev–Trinajstić information content (AvgIpc) is 3.15. The van der Waals surface area contributed by atoms with Gasteiger partial charge in [0.15, 0.2) is 0 Å². The molecule has 0 aliphatic heterocycles. The standard InChI is InChI=1S/C16H18N6O2S/c1-8-9(2)14(25-13(8)15(23)21-17)16(24)22-18-7-12-19-10-5-3-4-6-11(10)20-12/h3-6,18H,7,17H2,1-2H3,(H,19,20)(H,21,23)(H,22,24). The van der Waals surface area contributed by atoms with Crippen molar-refractivity contribution < 1.29 is 9.59 Å². The van der Waals surface area contributed by atoms with Gasteiger partial charge >= 0.3 is 0 Å². The molecular weight excluding hydrogens is 340 g/mol. The van der Waals surface area contributed by atoms with Crippen LogP contribution in [0.3, 0.4) is 0 Å². The van der Waals surface area contributed by atoms with Gasteiger partial charge in [-0.3, -0.25) is 20.4 Å². The van der Waals surface area contributed by atoms with Gasteiger partial charge in [-0.25, -0.2) is 16.3 Å². The molecule has 2 aromatic heterocycles. The molecule has 0 saturated carbocycles. The van der Waals surface area contributed by atoms with Crippen molar-refractivity contribution in [1.82, 2.24) is 26.2 Å². The van der Waals surface area contributed by atoms with Gasteiger partial charge in [0.2, 0.25) is 0 Å². The predicted molar refractivity (Wildman–Crippen MR) is 95.8 cm³/mol. The van der Waals surface area contributed by atoms with Crippen molar-refractivity contribution in [1.29, 1.82) is 0 Å². The Hall–Kier alpha value is -2.75. The number of aromatic nitrogens is 2. The first kappa shape index (κ1) is 17.1.